The molecule has 1 heterocycles. The van der Waals surface area contributed by atoms with Crippen molar-refractivity contribution >= 4 is 16.6 Å². The predicted octanol–water partition coefficient (Wildman–Crippen LogP) is 2.85. The fraction of sp³-hybridized carbons (Fsp3) is 0.250. The number of alkyl halides is 3. The fourth-order valence-electron chi connectivity index (χ4n) is 1.80. The summed E-state index contributed by atoms with van der Waals surface area (Å²) in [5.41, 5.74) is 4.57. The Balaban J connectivity index is 2.86. The summed E-state index contributed by atoms with van der Waals surface area (Å²) in [4.78, 5) is 3.58. The van der Waals surface area contributed by atoms with E-state index in [2.05, 4.69) is 4.98 Å². The van der Waals surface area contributed by atoms with Crippen LogP contribution in [0, 0.1) is 0 Å². The summed E-state index contributed by atoms with van der Waals surface area (Å²) in [5.74, 6) is 0.545. The third kappa shape index (κ3) is 2.23. The molecule has 7 heteroatoms. The normalized spacial score (nSPS) is 11.6. The van der Waals surface area contributed by atoms with E-state index in [0.717, 1.165) is 6.07 Å². The zero-order chi connectivity index (χ0) is 14.2. The van der Waals surface area contributed by atoms with Crippen LogP contribution >= 0.6 is 0 Å². The molecule has 1 aromatic carbocycles. The molecule has 2 rings (SSSR count). The Morgan fingerprint density at radius 1 is 1.11 bits per heavy atom. The predicted molar refractivity (Wildman–Crippen MR) is 64.3 cm³/mol. The standard InChI is InChI=1S/C12H11F3N2O2/c1-18-7-3-4-8(19-2)11-10(7)6(16)5-9(17-11)12(13,14)15/h3-5H,1-2H3,(H2,16,17). The van der Waals surface area contributed by atoms with Crippen LogP contribution < -0.4 is 15.2 Å². The van der Waals surface area contributed by atoms with Crippen molar-refractivity contribution in [1.82, 2.24) is 4.98 Å². The molecular formula is C12H11F3N2O2. The Morgan fingerprint density at radius 3 is 2.21 bits per heavy atom. The van der Waals surface area contributed by atoms with Crippen LogP contribution in [0.1, 0.15) is 5.69 Å². The molecule has 0 atom stereocenters. The summed E-state index contributed by atoms with van der Waals surface area (Å²) >= 11 is 0. The first-order valence-electron chi connectivity index (χ1n) is 5.27. The molecule has 19 heavy (non-hydrogen) atoms. The molecule has 102 valence electrons. The lowest BCUT2D eigenvalue weighted by Crippen LogP contribution is -2.09. The van der Waals surface area contributed by atoms with Crippen molar-refractivity contribution < 1.29 is 22.6 Å². The van der Waals surface area contributed by atoms with Crippen LogP contribution in [-0.4, -0.2) is 19.2 Å². The van der Waals surface area contributed by atoms with Gasteiger partial charge >= 0.3 is 6.18 Å². The van der Waals surface area contributed by atoms with Gasteiger partial charge in [0.15, 0.2) is 0 Å². The molecule has 4 nitrogen and oxygen atoms in total. The van der Waals surface area contributed by atoms with Gasteiger partial charge in [-0.25, -0.2) is 4.98 Å². The average Bonchev–Trinajstić information content (AvgIpc) is 2.36. The fourth-order valence-corrected chi connectivity index (χ4v) is 1.80. The van der Waals surface area contributed by atoms with E-state index in [-0.39, 0.29) is 17.0 Å². The van der Waals surface area contributed by atoms with E-state index in [0.29, 0.717) is 11.1 Å². The largest absolute Gasteiger partial charge is 0.496 e. The minimum absolute atomic E-state index is 0.0224. The van der Waals surface area contributed by atoms with Gasteiger partial charge in [-0.2, -0.15) is 13.2 Å². The number of halogens is 3. The van der Waals surface area contributed by atoms with Crippen LogP contribution in [-0.2, 0) is 6.18 Å². The number of pyridine rings is 1. The van der Waals surface area contributed by atoms with Crippen LogP contribution in [0.2, 0.25) is 0 Å². The molecule has 0 saturated heterocycles. The van der Waals surface area contributed by atoms with Gasteiger partial charge in [0.1, 0.15) is 22.7 Å². The number of nitrogen functional groups attached to an aromatic ring is 1. The van der Waals surface area contributed by atoms with E-state index in [1.807, 2.05) is 0 Å². The molecule has 2 N–H and O–H groups in total. The van der Waals surface area contributed by atoms with E-state index in [1.165, 1.54) is 20.3 Å². The number of hydrogen-bond donors (Lipinski definition) is 1. The van der Waals surface area contributed by atoms with E-state index < -0.39 is 11.9 Å². The second-order valence-electron chi connectivity index (χ2n) is 3.79. The van der Waals surface area contributed by atoms with Gasteiger partial charge < -0.3 is 15.2 Å². The van der Waals surface area contributed by atoms with E-state index in [9.17, 15) is 13.2 Å². The molecule has 0 spiro atoms. The topological polar surface area (TPSA) is 57.4 Å². The Hall–Kier alpha value is -2.18. The van der Waals surface area contributed by atoms with Gasteiger partial charge in [0.2, 0.25) is 0 Å². The molecule has 0 aliphatic rings. The van der Waals surface area contributed by atoms with Crippen molar-refractivity contribution in [1.29, 1.82) is 0 Å². The highest BCUT2D eigenvalue weighted by molar-refractivity contribution is 5.99. The molecule has 0 bridgehead atoms. The van der Waals surface area contributed by atoms with Crippen molar-refractivity contribution in [3.05, 3.63) is 23.9 Å². The zero-order valence-electron chi connectivity index (χ0n) is 10.2. The number of nitrogens with zero attached hydrogens (tertiary/aromatic N) is 1. The van der Waals surface area contributed by atoms with Gasteiger partial charge in [-0.15, -0.1) is 0 Å². The van der Waals surface area contributed by atoms with Gasteiger partial charge in [0.05, 0.1) is 19.6 Å². The van der Waals surface area contributed by atoms with Gasteiger partial charge in [-0.05, 0) is 18.2 Å². The van der Waals surface area contributed by atoms with Gasteiger partial charge in [0.25, 0.3) is 0 Å². The lowest BCUT2D eigenvalue weighted by molar-refractivity contribution is -0.140. The Labute approximate surface area is 106 Å². The molecule has 0 aliphatic carbocycles. The lowest BCUT2D eigenvalue weighted by Gasteiger charge is -2.13. The highest BCUT2D eigenvalue weighted by atomic mass is 19.4. The van der Waals surface area contributed by atoms with Crippen LogP contribution in [0.15, 0.2) is 18.2 Å². The third-order valence-electron chi connectivity index (χ3n) is 2.65. The summed E-state index contributed by atoms with van der Waals surface area (Å²) < 4.78 is 48.3. The number of anilines is 1. The van der Waals surface area contributed by atoms with Crippen LogP contribution in [0.4, 0.5) is 18.9 Å². The smallest absolute Gasteiger partial charge is 0.433 e. The zero-order valence-corrected chi connectivity index (χ0v) is 10.2. The minimum atomic E-state index is -4.57. The summed E-state index contributed by atoms with van der Waals surface area (Å²) in [7, 11) is 2.75. The van der Waals surface area contributed by atoms with Crippen molar-refractivity contribution in [3.8, 4) is 11.5 Å². The molecule has 0 unspecified atom stereocenters. The molecule has 0 amide bonds. The number of benzene rings is 1. The SMILES string of the molecule is COc1ccc(OC)c2c(N)cc(C(F)(F)F)nc12. The van der Waals surface area contributed by atoms with Gasteiger partial charge in [-0.1, -0.05) is 0 Å². The molecule has 1 aromatic heterocycles. The maximum absolute atomic E-state index is 12.7. The number of ether oxygens (including phenoxy) is 2. The molecule has 0 saturated carbocycles. The third-order valence-corrected chi connectivity index (χ3v) is 2.65. The first-order chi connectivity index (χ1) is 8.88. The second kappa shape index (κ2) is 4.49. The summed E-state index contributed by atoms with van der Waals surface area (Å²) in [5, 5.41) is 0.301. The number of fused-ring (bicyclic) bond motifs is 1. The Bertz CT molecular complexity index is 626. The Kier molecular flexibility index (Phi) is 3.13. The van der Waals surface area contributed by atoms with E-state index in [1.54, 1.807) is 6.07 Å². The summed E-state index contributed by atoms with van der Waals surface area (Å²) in [6.07, 6.45) is -4.57. The quantitative estimate of drug-likeness (QED) is 0.913. The summed E-state index contributed by atoms with van der Waals surface area (Å²) in [6.45, 7) is 0. The van der Waals surface area contributed by atoms with Gasteiger partial charge in [-0.3, -0.25) is 0 Å². The van der Waals surface area contributed by atoms with Crippen molar-refractivity contribution in [2.24, 2.45) is 0 Å². The van der Waals surface area contributed by atoms with Crippen LogP contribution in [0.3, 0.4) is 0 Å². The van der Waals surface area contributed by atoms with Crippen LogP contribution in [0.5, 0.6) is 11.5 Å². The monoisotopic (exact) mass is 272 g/mol. The number of aromatic nitrogens is 1. The number of hydrogen-bond acceptors (Lipinski definition) is 4. The molecule has 0 fully saturated rings. The lowest BCUT2D eigenvalue weighted by atomic mass is 10.1. The van der Waals surface area contributed by atoms with Gasteiger partial charge in [0, 0.05) is 5.69 Å². The number of nitrogens with two attached hydrogens (primary N) is 1. The van der Waals surface area contributed by atoms with E-state index in [4.69, 9.17) is 15.2 Å². The van der Waals surface area contributed by atoms with Crippen molar-refractivity contribution in [2.45, 2.75) is 6.18 Å². The summed E-state index contributed by atoms with van der Waals surface area (Å²) in [6, 6.07) is 3.82. The molecule has 0 aliphatic heterocycles. The minimum Gasteiger partial charge on any atom is -0.496 e. The Morgan fingerprint density at radius 2 is 1.68 bits per heavy atom. The maximum atomic E-state index is 12.7. The molecular weight excluding hydrogens is 261 g/mol. The second-order valence-corrected chi connectivity index (χ2v) is 3.79. The highest BCUT2D eigenvalue weighted by Crippen LogP contribution is 2.39. The first kappa shape index (κ1) is 13.3. The molecule has 0 radical (unpaired) electrons. The maximum Gasteiger partial charge on any atom is 0.433 e. The molecule has 2 aromatic rings. The number of rotatable bonds is 2. The van der Waals surface area contributed by atoms with Crippen molar-refractivity contribution in [2.75, 3.05) is 20.0 Å². The van der Waals surface area contributed by atoms with E-state index >= 15 is 0 Å². The highest BCUT2D eigenvalue weighted by Gasteiger charge is 2.34. The average molecular weight is 272 g/mol. The van der Waals surface area contributed by atoms with Crippen molar-refractivity contribution in [3.63, 3.8) is 0 Å². The first-order valence-corrected chi connectivity index (χ1v) is 5.27. The van der Waals surface area contributed by atoms with Crippen LogP contribution in [0.25, 0.3) is 10.9 Å². The number of methoxy groups -OCH3 is 2.